The molecule has 2 rings (SSSR count). The highest BCUT2D eigenvalue weighted by Gasteiger charge is 2.31. The lowest BCUT2D eigenvalue weighted by atomic mass is 10.0. The fraction of sp³-hybridized carbons (Fsp3) is 0.467. The van der Waals surface area contributed by atoms with E-state index >= 15 is 0 Å². The van der Waals surface area contributed by atoms with Crippen molar-refractivity contribution < 1.29 is 9.59 Å². The summed E-state index contributed by atoms with van der Waals surface area (Å²) in [6, 6.07) is 6.17. The topological polar surface area (TPSA) is 49.4 Å². The first-order valence-electron chi connectivity index (χ1n) is 6.84. The molecule has 0 saturated carbocycles. The highest BCUT2D eigenvalue weighted by atomic mass is 35.5. The summed E-state index contributed by atoms with van der Waals surface area (Å²) in [6.07, 6.45) is 1.04. The molecule has 0 bridgehead atoms. The molecule has 0 aliphatic carbocycles. The zero-order chi connectivity index (χ0) is 14.7. The third-order valence-corrected chi connectivity index (χ3v) is 3.75. The van der Waals surface area contributed by atoms with Gasteiger partial charge >= 0.3 is 0 Å². The third kappa shape index (κ3) is 3.31. The van der Waals surface area contributed by atoms with E-state index in [0.29, 0.717) is 10.6 Å². The predicted molar refractivity (Wildman–Crippen MR) is 78.7 cm³/mol. The minimum absolute atomic E-state index is 0.00793. The fourth-order valence-electron chi connectivity index (χ4n) is 2.07. The first-order valence-corrected chi connectivity index (χ1v) is 7.22. The van der Waals surface area contributed by atoms with Gasteiger partial charge in [0.1, 0.15) is 6.04 Å². The van der Waals surface area contributed by atoms with Crippen LogP contribution in [0.2, 0.25) is 5.02 Å². The van der Waals surface area contributed by atoms with Crippen LogP contribution in [0.3, 0.4) is 0 Å². The van der Waals surface area contributed by atoms with E-state index in [9.17, 15) is 9.59 Å². The molecule has 4 nitrogen and oxygen atoms in total. The molecular weight excluding hydrogens is 276 g/mol. The number of nitrogens with zero attached hydrogens (tertiary/aromatic N) is 1. The van der Waals surface area contributed by atoms with Crippen LogP contribution >= 0.6 is 11.6 Å². The Morgan fingerprint density at radius 1 is 1.20 bits per heavy atom. The van der Waals surface area contributed by atoms with Crippen LogP contribution < -0.4 is 5.32 Å². The van der Waals surface area contributed by atoms with Crippen molar-refractivity contribution in [3.63, 3.8) is 0 Å². The molecule has 5 heteroatoms. The van der Waals surface area contributed by atoms with E-state index in [2.05, 4.69) is 5.32 Å². The van der Waals surface area contributed by atoms with Gasteiger partial charge in [0, 0.05) is 23.7 Å². The molecule has 1 aromatic rings. The Morgan fingerprint density at radius 3 is 2.25 bits per heavy atom. The maximum atomic E-state index is 12.3. The number of halogens is 1. The molecular formula is C15H19ClN2O2. The number of amides is 2. The molecule has 108 valence electrons. The molecule has 1 unspecified atom stereocenters. The Bertz CT molecular complexity index is 495. The van der Waals surface area contributed by atoms with Crippen molar-refractivity contribution in [2.75, 3.05) is 13.1 Å². The minimum atomic E-state index is -0.474. The Labute approximate surface area is 124 Å². The Morgan fingerprint density at radius 2 is 1.80 bits per heavy atom. The largest absolute Gasteiger partial charge is 0.341 e. The maximum absolute atomic E-state index is 12.3. The number of carbonyl (C=O) groups is 2. The van der Waals surface area contributed by atoms with Crippen molar-refractivity contribution in [1.29, 1.82) is 0 Å². The van der Waals surface area contributed by atoms with Crippen molar-refractivity contribution in [1.82, 2.24) is 10.2 Å². The lowest BCUT2D eigenvalue weighted by molar-refractivity contribution is -0.137. The molecule has 1 aliphatic rings. The molecule has 1 aliphatic heterocycles. The second-order valence-electron chi connectivity index (χ2n) is 5.38. The zero-order valence-corrected chi connectivity index (χ0v) is 12.5. The van der Waals surface area contributed by atoms with Gasteiger partial charge in [-0.05, 0) is 36.6 Å². The van der Waals surface area contributed by atoms with Gasteiger partial charge in [-0.15, -0.1) is 0 Å². The average molecular weight is 295 g/mol. The van der Waals surface area contributed by atoms with Gasteiger partial charge in [-0.25, -0.2) is 0 Å². The van der Waals surface area contributed by atoms with Crippen LogP contribution in [0.15, 0.2) is 24.3 Å². The summed E-state index contributed by atoms with van der Waals surface area (Å²) in [7, 11) is 0. The van der Waals surface area contributed by atoms with Crippen LogP contribution in [0.1, 0.15) is 30.6 Å². The number of carbonyl (C=O) groups excluding carboxylic acids is 2. The number of likely N-dealkylation sites (tertiary alicyclic amines) is 1. The van der Waals surface area contributed by atoms with E-state index in [1.54, 1.807) is 29.2 Å². The summed E-state index contributed by atoms with van der Waals surface area (Å²) in [5.41, 5.74) is 0.511. The summed E-state index contributed by atoms with van der Waals surface area (Å²) in [4.78, 5) is 26.2. The summed E-state index contributed by atoms with van der Waals surface area (Å²) >= 11 is 5.80. The lowest BCUT2D eigenvalue weighted by Crippen LogP contribution is -2.55. The van der Waals surface area contributed by atoms with Gasteiger partial charge in [0.05, 0.1) is 0 Å². The first kappa shape index (κ1) is 14.9. The quantitative estimate of drug-likeness (QED) is 0.926. The van der Waals surface area contributed by atoms with Crippen molar-refractivity contribution in [3.05, 3.63) is 34.9 Å². The zero-order valence-electron chi connectivity index (χ0n) is 11.7. The summed E-state index contributed by atoms with van der Waals surface area (Å²) in [6.45, 7) is 5.45. The first-order chi connectivity index (χ1) is 9.49. The summed E-state index contributed by atoms with van der Waals surface area (Å²) in [5.74, 6) is -0.179. The Kier molecular flexibility index (Phi) is 4.65. The number of rotatable bonds is 4. The molecule has 0 spiro atoms. The number of hydrogen-bond acceptors (Lipinski definition) is 2. The smallest absolute Gasteiger partial charge is 0.251 e. The predicted octanol–water partition coefficient (Wildman–Crippen LogP) is 2.33. The van der Waals surface area contributed by atoms with E-state index in [1.807, 2.05) is 13.8 Å². The molecule has 0 radical (unpaired) electrons. The molecule has 1 saturated heterocycles. The van der Waals surface area contributed by atoms with Gasteiger partial charge in [0.15, 0.2) is 0 Å². The SMILES string of the molecule is CC(C)C(NC(=O)c1ccc(Cl)cc1)C(=O)N1CCC1. The van der Waals surface area contributed by atoms with Crippen LogP contribution in [0, 0.1) is 5.92 Å². The summed E-state index contributed by atoms with van der Waals surface area (Å²) < 4.78 is 0. The number of nitrogens with one attached hydrogen (secondary N) is 1. The Hall–Kier alpha value is -1.55. The second-order valence-corrected chi connectivity index (χ2v) is 5.82. The van der Waals surface area contributed by atoms with Gasteiger partial charge in [-0.2, -0.15) is 0 Å². The number of hydrogen-bond donors (Lipinski definition) is 1. The molecule has 20 heavy (non-hydrogen) atoms. The van der Waals surface area contributed by atoms with E-state index in [4.69, 9.17) is 11.6 Å². The van der Waals surface area contributed by atoms with E-state index in [-0.39, 0.29) is 17.7 Å². The lowest BCUT2D eigenvalue weighted by Gasteiger charge is -2.35. The molecule has 1 aromatic carbocycles. The van der Waals surface area contributed by atoms with Crippen molar-refractivity contribution in [2.24, 2.45) is 5.92 Å². The normalized spacial score (nSPS) is 15.7. The van der Waals surface area contributed by atoms with Gasteiger partial charge < -0.3 is 10.2 Å². The third-order valence-electron chi connectivity index (χ3n) is 3.49. The second kappa shape index (κ2) is 6.27. The van der Waals surface area contributed by atoms with E-state index in [0.717, 1.165) is 19.5 Å². The van der Waals surface area contributed by atoms with Crippen LogP contribution in [0.25, 0.3) is 0 Å². The van der Waals surface area contributed by atoms with E-state index < -0.39 is 6.04 Å². The maximum Gasteiger partial charge on any atom is 0.251 e. The van der Waals surface area contributed by atoms with Crippen molar-refractivity contribution in [3.8, 4) is 0 Å². The molecule has 1 N–H and O–H groups in total. The average Bonchev–Trinajstić information content (AvgIpc) is 2.33. The van der Waals surface area contributed by atoms with Crippen LogP contribution in [-0.2, 0) is 4.79 Å². The monoisotopic (exact) mass is 294 g/mol. The molecule has 1 heterocycles. The van der Waals surface area contributed by atoms with E-state index in [1.165, 1.54) is 0 Å². The molecule has 0 aromatic heterocycles. The van der Waals surface area contributed by atoms with Crippen LogP contribution in [0.4, 0.5) is 0 Å². The standard InChI is InChI=1S/C15H19ClN2O2/c1-10(2)13(15(20)18-8-3-9-18)17-14(19)11-4-6-12(16)7-5-11/h4-7,10,13H,3,8-9H2,1-2H3,(H,17,19). The minimum Gasteiger partial charge on any atom is -0.341 e. The van der Waals surface area contributed by atoms with Gasteiger partial charge in [-0.3, -0.25) is 9.59 Å². The molecule has 1 atom stereocenters. The highest BCUT2D eigenvalue weighted by Crippen LogP contribution is 2.14. The number of benzene rings is 1. The fourth-order valence-corrected chi connectivity index (χ4v) is 2.20. The van der Waals surface area contributed by atoms with Crippen molar-refractivity contribution >= 4 is 23.4 Å². The van der Waals surface area contributed by atoms with Crippen molar-refractivity contribution in [2.45, 2.75) is 26.3 Å². The highest BCUT2D eigenvalue weighted by molar-refractivity contribution is 6.30. The Balaban J connectivity index is 2.05. The van der Waals surface area contributed by atoms with Crippen LogP contribution in [0.5, 0.6) is 0 Å². The molecule has 1 fully saturated rings. The van der Waals surface area contributed by atoms with Gasteiger partial charge in [-0.1, -0.05) is 25.4 Å². The van der Waals surface area contributed by atoms with Gasteiger partial charge in [0.25, 0.3) is 5.91 Å². The summed E-state index contributed by atoms with van der Waals surface area (Å²) in [5, 5.41) is 3.41. The molecule has 2 amide bonds. The van der Waals surface area contributed by atoms with Crippen LogP contribution in [-0.4, -0.2) is 35.8 Å². The van der Waals surface area contributed by atoms with Gasteiger partial charge in [0.2, 0.25) is 5.91 Å².